The summed E-state index contributed by atoms with van der Waals surface area (Å²) in [5.41, 5.74) is 4.47. The summed E-state index contributed by atoms with van der Waals surface area (Å²) in [5.74, 6) is 0.956. The molecule has 3 N–H and O–H groups in total. The molecule has 2 aliphatic heterocycles. The number of carbonyl (C=O) groups excluding carboxylic acids is 1. The van der Waals surface area contributed by atoms with E-state index in [4.69, 9.17) is 16.3 Å². The number of alkyl halides is 3. The third-order valence-corrected chi connectivity index (χ3v) is 6.15. The smallest absolute Gasteiger partial charge is 0.364 e. The average molecular weight is 535 g/mol. The minimum Gasteiger partial charge on any atom is -0.364 e. The van der Waals surface area contributed by atoms with Crippen LogP contribution in [0.15, 0.2) is 42.7 Å². The first-order valence-electron chi connectivity index (χ1n) is 11.3. The predicted molar refractivity (Wildman–Crippen MR) is 131 cm³/mol. The number of carbonyl (C=O) groups is 1. The van der Waals surface area contributed by atoms with E-state index in [1.807, 2.05) is 24.9 Å². The molecule has 1 aromatic heterocycles. The van der Waals surface area contributed by atoms with Gasteiger partial charge >= 0.3 is 12.2 Å². The highest BCUT2D eigenvalue weighted by Gasteiger charge is 2.36. The molecule has 194 valence electrons. The third-order valence-electron chi connectivity index (χ3n) is 5.83. The Hall–Kier alpha value is -3.68. The number of hydrogen-bond acceptors (Lipinski definition) is 8. The Morgan fingerprint density at radius 3 is 2.57 bits per heavy atom. The number of benzene rings is 2. The quantitative estimate of drug-likeness (QED) is 0.428. The fourth-order valence-electron chi connectivity index (χ4n) is 4.09. The van der Waals surface area contributed by atoms with Crippen LogP contribution in [0.4, 0.5) is 41.0 Å². The number of hydrazine groups is 2. The topological polar surface area (TPSA) is 108 Å². The van der Waals surface area contributed by atoms with Gasteiger partial charge in [0.1, 0.15) is 12.4 Å². The van der Waals surface area contributed by atoms with Crippen molar-refractivity contribution < 1.29 is 22.7 Å². The molecule has 0 radical (unpaired) electrons. The molecule has 2 aromatic carbocycles. The van der Waals surface area contributed by atoms with Crippen molar-refractivity contribution in [2.24, 2.45) is 0 Å². The fraction of sp³-hybridized carbons (Fsp3) is 0.304. The third kappa shape index (κ3) is 5.38. The highest BCUT2D eigenvalue weighted by molar-refractivity contribution is 6.31. The number of anilines is 4. The molecule has 10 nitrogen and oxygen atoms in total. The van der Waals surface area contributed by atoms with Crippen molar-refractivity contribution in [3.63, 3.8) is 0 Å². The average Bonchev–Trinajstić information content (AvgIpc) is 2.89. The number of aryl methyl sites for hydroxylation is 1. The number of aromatic nitrogens is 3. The van der Waals surface area contributed by atoms with Crippen molar-refractivity contribution in [3.05, 3.63) is 64.7 Å². The first kappa shape index (κ1) is 25.0. The molecule has 4 bridgehead atoms. The second-order valence-corrected chi connectivity index (χ2v) is 9.08. The molecular formula is C23H22ClF3N8O2. The SMILES string of the molecule is Cc1ccc(NC(=O)Nc2ccc(C(F)(F)F)c(Cl)c2)cc1NN1c2ncnc(n2)C2CN1CC(C)O2. The van der Waals surface area contributed by atoms with Gasteiger partial charge in [0.25, 0.3) is 5.95 Å². The van der Waals surface area contributed by atoms with Gasteiger partial charge in [-0.3, -0.25) is 5.43 Å². The Kier molecular flexibility index (Phi) is 6.52. The summed E-state index contributed by atoms with van der Waals surface area (Å²) < 4.78 is 44.8. The Morgan fingerprint density at radius 1 is 1.11 bits per heavy atom. The number of ether oxygens (including phenoxy) is 1. The van der Waals surface area contributed by atoms with Crippen molar-refractivity contribution in [1.82, 2.24) is 20.0 Å². The zero-order valence-electron chi connectivity index (χ0n) is 19.7. The fourth-order valence-corrected chi connectivity index (χ4v) is 4.38. The molecule has 3 heterocycles. The van der Waals surface area contributed by atoms with Crippen LogP contribution in [0.3, 0.4) is 0 Å². The number of nitrogens with one attached hydrogen (secondary N) is 3. The van der Waals surface area contributed by atoms with Crippen LogP contribution in [0.5, 0.6) is 0 Å². The van der Waals surface area contributed by atoms with Gasteiger partial charge in [0.15, 0.2) is 5.82 Å². The summed E-state index contributed by atoms with van der Waals surface area (Å²) in [6.45, 7) is 5.00. The second kappa shape index (κ2) is 9.65. The van der Waals surface area contributed by atoms with Crippen LogP contribution in [0.2, 0.25) is 5.02 Å². The van der Waals surface area contributed by atoms with Crippen LogP contribution in [0.25, 0.3) is 0 Å². The summed E-state index contributed by atoms with van der Waals surface area (Å²) >= 11 is 5.74. The number of nitrogens with zero attached hydrogens (tertiary/aromatic N) is 5. The largest absolute Gasteiger partial charge is 0.417 e. The summed E-state index contributed by atoms with van der Waals surface area (Å²) in [4.78, 5) is 25.6. The van der Waals surface area contributed by atoms with Crippen molar-refractivity contribution in [1.29, 1.82) is 0 Å². The van der Waals surface area contributed by atoms with Gasteiger partial charge < -0.3 is 15.4 Å². The van der Waals surface area contributed by atoms with Crippen LogP contribution < -0.4 is 21.2 Å². The van der Waals surface area contributed by atoms with Gasteiger partial charge in [0.2, 0.25) is 0 Å². The van der Waals surface area contributed by atoms with E-state index in [1.54, 1.807) is 17.3 Å². The van der Waals surface area contributed by atoms with Gasteiger partial charge in [0, 0.05) is 17.9 Å². The first-order chi connectivity index (χ1) is 17.6. The molecule has 37 heavy (non-hydrogen) atoms. The van der Waals surface area contributed by atoms with Gasteiger partial charge in [0.05, 0.1) is 28.9 Å². The standard InChI is InChI=1S/C23H22ClF3N8O2/c1-12-3-4-15(31-22(36)30-14-5-6-16(17(24)7-14)23(25,26)27)8-18(12)33-35-21-29-11-28-20(32-21)19-10-34(35)9-13(2)37-19/h3-8,11,13,19,33H,9-10H2,1-2H3,(H2,30,31,36). The van der Waals surface area contributed by atoms with Crippen molar-refractivity contribution in [2.45, 2.75) is 32.2 Å². The van der Waals surface area contributed by atoms with E-state index < -0.39 is 22.8 Å². The zero-order valence-corrected chi connectivity index (χ0v) is 20.4. The molecule has 1 saturated heterocycles. The molecule has 5 rings (SSSR count). The molecule has 0 aliphatic carbocycles. The number of amides is 2. The number of rotatable bonds is 4. The van der Waals surface area contributed by atoms with Crippen LogP contribution >= 0.6 is 11.6 Å². The van der Waals surface area contributed by atoms with Gasteiger partial charge in [-0.2, -0.15) is 33.3 Å². The maximum Gasteiger partial charge on any atom is 0.417 e. The van der Waals surface area contributed by atoms with Crippen molar-refractivity contribution >= 4 is 40.6 Å². The Bertz CT molecular complexity index is 1340. The lowest BCUT2D eigenvalue weighted by Gasteiger charge is -2.40. The van der Waals surface area contributed by atoms with E-state index in [2.05, 4.69) is 31.0 Å². The van der Waals surface area contributed by atoms with Crippen LogP contribution in [0.1, 0.15) is 30.0 Å². The minimum absolute atomic E-state index is 0.0580. The summed E-state index contributed by atoms with van der Waals surface area (Å²) in [6, 6.07) is 7.59. The van der Waals surface area contributed by atoms with E-state index in [-0.39, 0.29) is 17.9 Å². The molecule has 2 amide bonds. The van der Waals surface area contributed by atoms with Crippen molar-refractivity contribution in [2.75, 3.05) is 34.3 Å². The lowest BCUT2D eigenvalue weighted by molar-refractivity contribution is -0.137. The molecule has 3 atom stereocenters. The Morgan fingerprint density at radius 2 is 1.84 bits per heavy atom. The number of fused-ring (bicyclic) bond motifs is 5. The van der Waals surface area contributed by atoms with Crippen LogP contribution in [0, 0.1) is 6.92 Å². The predicted octanol–water partition coefficient (Wildman–Crippen LogP) is 5.02. The number of halogens is 4. The van der Waals surface area contributed by atoms with Gasteiger partial charge in [-0.05, 0) is 49.7 Å². The van der Waals surface area contributed by atoms with Gasteiger partial charge in [-0.15, -0.1) is 0 Å². The Balaban J connectivity index is 1.32. The molecule has 0 saturated carbocycles. The summed E-state index contributed by atoms with van der Waals surface area (Å²) in [5, 5.41) is 8.43. The number of morpholine rings is 1. The van der Waals surface area contributed by atoms with E-state index >= 15 is 0 Å². The van der Waals surface area contributed by atoms with E-state index in [0.29, 0.717) is 36.2 Å². The molecular weight excluding hydrogens is 513 g/mol. The highest BCUT2D eigenvalue weighted by Crippen LogP contribution is 2.36. The molecule has 3 unspecified atom stereocenters. The summed E-state index contributed by atoms with van der Waals surface area (Å²) in [6.07, 6.45) is -3.49. The van der Waals surface area contributed by atoms with Crippen LogP contribution in [-0.4, -0.2) is 45.2 Å². The summed E-state index contributed by atoms with van der Waals surface area (Å²) in [7, 11) is 0. The van der Waals surface area contributed by atoms with Gasteiger partial charge in [-0.1, -0.05) is 17.7 Å². The monoisotopic (exact) mass is 534 g/mol. The lowest BCUT2D eigenvalue weighted by Crippen LogP contribution is -2.54. The maximum atomic E-state index is 12.9. The van der Waals surface area contributed by atoms with E-state index in [1.165, 1.54) is 6.33 Å². The highest BCUT2D eigenvalue weighted by atomic mass is 35.5. The molecule has 0 spiro atoms. The molecule has 2 aliphatic rings. The molecule has 1 fully saturated rings. The maximum absolute atomic E-state index is 12.9. The van der Waals surface area contributed by atoms with Gasteiger partial charge in [-0.25, -0.2) is 9.78 Å². The Labute approximate surface area is 214 Å². The number of urea groups is 1. The number of hydrogen-bond donors (Lipinski definition) is 3. The second-order valence-electron chi connectivity index (χ2n) is 8.68. The molecule has 3 aromatic rings. The zero-order chi connectivity index (χ0) is 26.3. The van der Waals surface area contributed by atoms with E-state index in [9.17, 15) is 18.0 Å². The normalized spacial score (nSPS) is 20.7. The van der Waals surface area contributed by atoms with Crippen molar-refractivity contribution in [3.8, 4) is 0 Å². The molecule has 14 heteroatoms. The van der Waals surface area contributed by atoms with E-state index in [0.717, 1.165) is 23.8 Å². The minimum atomic E-state index is -4.58. The first-order valence-corrected chi connectivity index (χ1v) is 11.7. The van der Waals surface area contributed by atoms with Crippen LogP contribution in [-0.2, 0) is 10.9 Å². The lowest BCUT2D eigenvalue weighted by atomic mass is 10.2.